The first-order chi connectivity index (χ1) is 25.3. The van der Waals surface area contributed by atoms with E-state index in [1.165, 1.54) is 95.9 Å². The van der Waals surface area contributed by atoms with Crippen LogP contribution in [-0.4, -0.2) is 0 Å². The molecule has 0 atom stereocenters. The molecule has 2 aromatic heterocycles. The van der Waals surface area contributed by atoms with Crippen LogP contribution in [0.25, 0.3) is 85.5 Å². The topological polar surface area (TPSA) is 3.24 Å². The van der Waals surface area contributed by atoms with Crippen LogP contribution >= 0.6 is 22.7 Å². The van der Waals surface area contributed by atoms with E-state index in [-0.39, 0.29) is 0 Å². The van der Waals surface area contributed by atoms with Gasteiger partial charge in [0.05, 0.1) is 20.8 Å². The summed E-state index contributed by atoms with van der Waals surface area (Å²) in [4.78, 5) is 2.49. The summed E-state index contributed by atoms with van der Waals surface area (Å²) in [5.74, 6) is 0. The lowest BCUT2D eigenvalue weighted by atomic mass is 9.91. The van der Waals surface area contributed by atoms with Crippen LogP contribution in [0.1, 0.15) is 11.1 Å². The lowest BCUT2D eigenvalue weighted by Crippen LogP contribution is -2.10. The third kappa shape index (κ3) is 4.45. The minimum Gasteiger partial charge on any atom is -0.308 e. The Bertz CT molecular complexity index is 2900. The largest absolute Gasteiger partial charge is 0.308 e. The summed E-state index contributed by atoms with van der Waals surface area (Å²) < 4.78 is 5.22. The summed E-state index contributed by atoms with van der Waals surface area (Å²) >= 11 is 3.76. The van der Waals surface area contributed by atoms with Gasteiger partial charge in [0.2, 0.25) is 0 Å². The molecular weight excluding hydrogens is 655 g/mol. The Hall–Kier alpha value is -6.00. The van der Waals surface area contributed by atoms with Crippen molar-refractivity contribution in [1.82, 2.24) is 0 Å². The van der Waals surface area contributed by atoms with Crippen LogP contribution in [-0.2, 0) is 0 Å². The maximum atomic E-state index is 2.49. The summed E-state index contributed by atoms with van der Waals surface area (Å²) in [6.07, 6.45) is 4.52. The predicted octanol–water partition coefficient (Wildman–Crippen LogP) is 14.9. The Kier molecular flexibility index (Phi) is 6.36. The van der Waals surface area contributed by atoms with Crippen molar-refractivity contribution in [2.24, 2.45) is 0 Å². The van der Waals surface area contributed by atoms with Crippen LogP contribution in [0.2, 0.25) is 0 Å². The summed E-state index contributed by atoms with van der Waals surface area (Å²) in [7, 11) is 0. The standard InChI is InChI=1S/C48H29NS2/c1-2-10-31(11-3-1)36-27-24-32-20-21-33-28-34(29-41(36)46(32)33)30-22-25-35(26-23-30)49(42-16-8-14-39-37-12-4-6-18-44(37)50-47(39)42)43-17-9-15-40-38-13-5-7-19-45(38)51-48(40)43/h1-29H. The third-order valence-electron chi connectivity index (χ3n) is 10.4. The Labute approximate surface area is 303 Å². The van der Waals surface area contributed by atoms with E-state index in [0.29, 0.717) is 0 Å². The molecule has 0 saturated heterocycles. The zero-order chi connectivity index (χ0) is 33.5. The maximum Gasteiger partial charge on any atom is 0.0640 e. The van der Waals surface area contributed by atoms with Gasteiger partial charge in [-0.2, -0.15) is 0 Å². The summed E-state index contributed by atoms with van der Waals surface area (Å²) in [6, 6.07) is 60.4. The van der Waals surface area contributed by atoms with E-state index in [2.05, 4.69) is 181 Å². The molecule has 2 heterocycles. The highest BCUT2D eigenvalue weighted by Gasteiger charge is 2.22. The van der Waals surface area contributed by atoms with E-state index in [1.54, 1.807) is 0 Å². The SMILES string of the molecule is C1=Cc2cc(-c3ccc(N(c4cccc5c4sc4ccccc45)c4cccc5c4sc4ccccc45)cc3)cc3c(-c4ccccc4)ccc1c23. The lowest BCUT2D eigenvalue weighted by Gasteiger charge is -2.27. The average molecular weight is 684 g/mol. The van der Waals surface area contributed by atoms with Crippen LogP contribution in [0.3, 0.4) is 0 Å². The normalized spacial score (nSPS) is 12.2. The second-order valence-corrected chi connectivity index (χ2v) is 15.4. The first-order valence-electron chi connectivity index (χ1n) is 17.3. The van der Waals surface area contributed by atoms with Gasteiger partial charge in [0.15, 0.2) is 0 Å². The Morgan fingerprint density at radius 1 is 0.373 bits per heavy atom. The predicted molar refractivity (Wildman–Crippen MR) is 224 cm³/mol. The van der Waals surface area contributed by atoms with Crippen LogP contribution in [0, 0.1) is 0 Å². The molecule has 11 rings (SSSR count). The minimum absolute atomic E-state index is 1.14. The molecule has 0 spiro atoms. The van der Waals surface area contributed by atoms with Crippen molar-refractivity contribution in [3.63, 3.8) is 0 Å². The molecule has 238 valence electrons. The summed E-state index contributed by atoms with van der Waals surface area (Å²) in [6.45, 7) is 0. The molecule has 0 radical (unpaired) electrons. The van der Waals surface area contributed by atoms with Gasteiger partial charge >= 0.3 is 0 Å². The Morgan fingerprint density at radius 3 is 1.63 bits per heavy atom. The molecule has 1 aliphatic rings. The molecule has 1 aliphatic carbocycles. The monoisotopic (exact) mass is 683 g/mol. The molecule has 0 amide bonds. The minimum atomic E-state index is 1.14. The molecule has 0 aliphatic heterocycles. The second-order valence-electron chi connectivity index (χ2n) is 13.3. The van der Waals surface area contributed by atoms with Gasteiger partial charge < -0.3 is 4.90 Å². The van der Waals surface area contributed by atoms with Crippen LogP contribution in [0.4, 0.5) is 17.1 Å². The highest BCUT2D eigenvalue weighted by atomic mass is 32.1. The van der Waals surface area contributed by atoms with Gasteiger partial charge in [-0.05, 0) is 92.7 Å². The van der Waals surface area contributed by atoms with E-state index in [1.807, 2.05) is 22.7 Å². The Balaban J connectivity index is 1.11. The molecule has 1 nitrogen and oxygen atoms in total. The molecule has 0 unspecified atom stereocenters. The highest BCUT2D eigenvalue weighted by Crippen LogP contribution is 2.49. The zero-order valence-electron chi connectivity index (χ0n) is 27.5. The quantitative estimate of drug-likeness (QED) is 0.175. The average Bonchev–Trinajstić information content (AvgIpc) is 3.90. The van der Waals surface area contributed by atoms with Crippen molar-refractivity contribution in [2.45, 2.75) is 0 Å². The molecule has 8 aromatic carbocycles. The molecular formula is C48H29NS2. The van der Waals surface area contributed by atoms with Gasteiger partial charge in [0.25, 0.3) is 0 Å². The van der Waals surface area contributed by atoms with E-state index in [0.717, 1.165) is 5.69 Å². The molecule has 3 heteroatoms. The van der Waals surface area contributed by atoms with Gasteiger partial charge in [-0.15, -0.1) is 22.7 Å². The van der Waals surface area contributed by atoms with Gasteiger partial charge in [0, 0.05) is 36.6 Å². The number of anilines is 3. The number of rotatable bonds is 5. The van der Waals surface area contributed by atoms with E-state index < -0.39 is 0 Å². The molecule has 10 aromatic rings. The summed E-state index contributed by atoms with van der Waals surface area (Å²) in [5.41, 5.74) is 11.1. The zero-order valence-corrected chi connectivity index (χ0v) is 29.1. The molecule has 0 bridgehead atoms. The van der Waals surface area contributed by atoms with Gasteiger partial charge in [-0.1, -0.05) is 127 Å². The van der Waals surface area contributed by atoms with E-state index >= 15 is 0 Å². The number of hydrogen-bond acceptors (Lipinski definition) is 3. The fraction of sp³-hybridized carbons (Fsp3) is 0. The fourth-order valence-electron chi connectivity index (χ4n) is 8.06. The number of hydrogen-bond donors (Lipinski definition) is 0. The number of nitrogens with zero attached hydrogens (tertiary/aromatic N) is 1. The van der Waals surface area contributed by atoms with Crippen LogP contribution in [0.15, 0.2) is 164 Å². The van der Waals surface area contributed by atoms with Crippen molar-refractivity contribution in [3.8, 4) is 22.3 Å². The molecule has 0 saturated carbocycles. The second kappa shape index (κ2) is 11.3. The van der Waals surface area contributed by atoms with Crippen molar-refractivity contribution in [3.05, 3.63) is 175 Å². The van der Waals surface area contributed by atoms with Crippen molar-refractivity contribution < 1.29 is 0 Å². The van der Waals surface area contributed by atoms with Gasteiger partial charge in [-0.3, -0.25) is 0 Å². The van der Waals surface area contributed by atoms with Crippen molar-refractivity contribution in [2.75, 3.05) is 4.90 Å². The van der Waals surface area contributed by atoms with Crippen LogP contribution in [0.5, 0.6) is 0 Å². The van der Waals surface area contributed by atoms with Crippen molar-refractivity contribution in [1.29, 1.82) is 0 Å². The van der Waals surface area contributed by atoms with E-state index in [4.69, 9.17) is 0 Å². The third-order valence-corrected chi connectivity index (χ3v) is 12.8. The lowest BCUT2D eigenvalue weighted by molar-refractivity contribution is 1.32. The Morgan fingerprint density at radius 2 is 0.961 bits per heavy atom. The number of fused-ring (bicyclic) bond motifs is 6. The first kappa shape index (κ1) is 28.8. The van der Waals surface area contributed by atoms with Crippen molar-refractivity contribution >= 4 is 103 Å². The number of benzene rings is 8. The smallest absolute Gasteiger partial charge is 0.0640 e. The van der Waals surface area contributed by atoms with E-state index in [9.17, 15) is 0 Å². The van der Waals surface area contributed by atoms with Gasteiger partial charge in [-0.25, -0.2) is 0 Å². The molecule has 0 N–H and O–H groups in total. The van der Waals surface area contributed by atoms with Gasteiger partial charge in [0.1, 0.15) is 0 Å². The molecule has 51 heavy (non-hydrogen) atoms. The number of thiophene rings is 2. The first-order valence-corrected chi connectivity index (χ1v) is 19.0. The maximum absolute atomic E-state index is 2.49. The highest BCUT2D eigenvalue weighted by molar-refractivity contribution is 7.27. The van der Waals surface area contributed by atoms with Crippen LogP contribution < -0.4 is 4.90 Å². The summed E-state index contributed by atoms with van der Waals surface area (Å²) in [5, 5.41) is 7.87. The fourth-order valence-corrected chi connectivity index (χ4v) is 10.5. The molecule has 0 fully saturated rings.